The van der Waals surface area contributed by atoms with E-state index in [0.29, 0.717) is 16.6 Å². The monoisotopic (exact) mass is 419 g/mol. The zero-order valence-corrected chi connectivity index (χ0v) is 19.6. The molecule has 1 heterocycles. The Bertz CT molecular complexity index is 888. The van der Waals surface area contributed by atoms with E-state index in [1.54, 1.807) is 26.0 Å². The van der Waals surface area contributed by atoms with Crippen LogP contribution in [0.25, 0.3) is 10.9 Å². The summed E-state index contributed by atoms with van der Waals surface area (Å²) in [6.45, 7) is 16.0. The summed E-state index contributed by atoms with van der Waals surface area (Å²) in [4.78, 5) is 15.4. The van der Waals surface area contributed by atoms with E-state index >= 15 is 0 Å². The van der Waals surface area contributed by atoms with Crippen molar-refractivity contribution >= 4 is 30.6 Å². The van der Waals surface area contributed by atoms with Gasteiger partial charge >= 0.3 is 5.69 Å². The molecule has 1 aromatic carbocycles. The minimum Gasteiger partial charge on any atom is -0.412 e. The fourth-order valence-electron chi connectivity index (χ4n) is 3.15. The van der Waals surface area contributed by atoms with E-state index in [0.717, 1.165) is 0 Å². The topological polar surface area (TPSA) is 97.5 Å². The molecule has 7 nitrogen and oxygen atoms in total. The van der Waals surface area contributed by atoms with Crippen LogP contribution in [0.5, 0.6) is 0 Å². The standard InChI is InChI=1S/C21H33N3O4Si/c1-14(28-29(7,8)20(2,3)4)19(21(5,6)25)23-18-15-11-9-10-12-16(15)22-13-17(18)24(26)27/h9-14,19,25H,1-8H3,(H,22,23). The first-order valence-electron chi connectivity index (χ1n) is 9.84. The van der Waals surface area contributed by atoms with E-state index in [9.17, 15) is 15.2 Å². The third-order valence-electron chi connectivity index (χ3n) is 5.77. The molecule has 0 bridgehead atoms. The molecule has 1 aromatic heterocycles. The van der Waals surface area contributed by atoms with Crippen LogP contribution >= 0.6 is 0 Å². The van der Waals surface area contributed by atoms with Crippen molar-refractivity contribution in [2.75, 3.05) is 5.32 Å². The highest BCUT2D eigenvalue weighted by Crippen LogP contribution is 2.39. The minimum atomic E-state index is -2.11. The highest BCUT2D eigenvalue weighted by Gasteiger charge is 2.42. The van der Waals surface area contributed by atoms with Gasteiger partial charge in [-0.25, -0.2) is 4.98 Å². The number of aromatic nitrogens is 1. The summed E-state index contributed by atoms with van der Waals surface area (Å²) in [5.41, 5.74) is -0.316. The Morgan fingerprint density at radius 1 is 1.21 bits per heavy atom. The maximum Gasteiger partial charge on any atom is 0.311 e. The van der Waals surface area contributed by atoms with Crippen molar-refractivity contribution in [2.45, 2.75) is 77.4 Å². The largest absolute Gasteiger partial charge is 0.412 e. The van der Waals surface area contributed by atoms with Gasteiger partial charge in [0.25, 0.3) is 0 Å². The van der Waals surface area contributed by atoms with Crippen molar-refractivity contribution in [2.24, 2.45) is 0 Å². The van der Waals surface area contributed by atoms with Gasteiger partial charge in [0.05, 0.1) is 28.2 Å². The summed E-state index contributed by atoms with van der Waals surface area (Å²) >= 11 is 0. The fraction of sp³-hybridized carbons (Fsp3) is 0.571. The molecule has 29 heavy (non-hydrogen) atoms. The predicted molar refractivity (Wildman–Crippen MR) is 120 cm³/mol. The number of nitro groups is 1. The van der Waals surface area contributed by atoms with Crippen molar-refractivity contribution in [3.8, 4) is 0 Å². The molecule has 0 fully saturated rings. The van der Waals surface area contributed by atoms with Crippen LogP contribution in [0.4, 0.5) is 11.4 Å². The summed E-state index contributed by atoms with van der Waals surface area (Å²) in [6.07, 6.45) is 0.883. The number of aliphatic hydroxyl groups is 1. The quantitative estimate of drug-likeness (QED) is 0.368. The molecule has 160 valence electrons. The molecule has 0 aliphatic heterocycles. The molecule has 2 N–H and O–H groups in total. The fourth-order valence-corrected chi connectivity index (χ4v) is 4.57. The van der Waals surface area contributed by atoms with Gasteiger partial charge in [0, 0.05) is 5.39 Å². The van der Waals surface area contributed by atoms with Gasteiger partial charge in [-0.3, -0.25) is 10.1 Å². The van der Waals surface area contributed by atoms with Crippen LogP contribution in [0, 0.1) is 10.1 Å². The number of nitrogens with zero attached hydrogens (tertiary/aromatic N) is 2. The van der Waals surface area contributed by atoms with Gasteiger partial charge in [-0.15, -0.1) is 0 Å². The van der Waals surface area contributed by atoms with Crippen LogP contribution in [-0.2, 0) is 4.43 Å². The van der Waals surface area contributed by atoms with Gasteiger partial charge in [-0.2, -0.15) is 0 Å². The maximum absolute atomic E-state index is 11.7. The number of para-hydroxylation sites is 1. The van der Waals surface area contributed by atoms with Gasteiger partial charge < -0.3 is 14.8 Å². The number of rotatable bonds is 7. The maximum atomic E-state index is 11.7. The zero-order chi connectivity index (χ0) is 22.2. The number of anilines is 1. The summed E-state index contributed by atoms with van der Waals surface area (Å²) in [5, 5.41) is 26.4. The number of pyridine rings is 1. The number of benzene rings is 1. The summed E-state index contributed by atoms with van der Waals surface area (Å²) < 4.78 is 6.51. The van der Waals surface area contributed by atoms with Crippen molar-refractivity contribution in [1.29, 1.82) is 0 Å². The van der Waals surface area contributed by atoms with Crippen LogP contribution < -0.4 is 5.32 Å². The first-order valence-corrected chi connectivity index (χ1v) is 12.7. The summed E-state index contributed by atoms with van der Waals surface area (Å²) in [7, 11) is -2.11. The third kappa shape index (κ3) is 5.12. The van der Waals surface area contributed by atoms with E-state index in [1.807, 2.05) is 19.1 Å². The number of hydrogen-bond acceptors (Lipinski definition) is 6. The van der Waals surface area contributed by atoms with Gasteiger partial charge in [0.1, 0.15) is 11.9 Å². The molecule has 0 saturated carbocycles. The zero-order valence-electron chi connectivity index (χ0n) is 18.6. The Labute approximate surface area is 173 Å². The lowest BCUT2D eigenvalue weighted by molar-refractivity contribution is -0.384. The Hall–Kier alpha value is -2.03. The Balaban J connectivity index is 2.52. The third-order valence-corrected chi connectivity index (χ3v) is 10.3. The smallest absolute Gasteiger partial charge is 0.311 e. The van der Waals surface area contributed by atoms with Gasteiger partial charge in [0.15, 0.2) is 8.32 Å². The second-order valence-electron chi connectivity index (χ2n) is 9.65. The Morgan fingerprint density at radius 2 is 1.79 bits per heavy atom. The van der Waals surface area contributed by atoms with Gasteiger partial charge in [-0.05, 0) is 45.0 Å². The second kappa shape index (κ2) is 8.01. The molecule has 2 rings (SSSR count). The molecular weight excluding hydrogens is 386 g/mol. The van der Waals surface area contributed by atoms with Gasteiger partial charge in [0.2, 0.25) is 0 Å². The number of hydrogen-bond donors (Lipinski definition) is 2. The van der Waals surface area contributed by atoms with Crippen molar-refractivity contribution in [3.63, 3.8) is 0 Å². The molecule has 0 amide bonds. The highest BCUT2D eigenvalue weighted by molar-refractivity contribution is 6.74. The molecular formula is C21H33N3O4Si. The molecule has 2 aromatic rings. The molecule has 0 radical (unpaired) electrons. The molecule has 0 spiro atoms. The van der Waals surface area contributed by atoms with E-state index in [1.165, 1.54) is 6.20 Å². The van der Waals surface area contributed by atoms with Crippen LogP contribution in [0.3, 0.4) is 0 Å². The highest BCUT2D eigenvalue weighted by atomic mass is 28.4. The summed E-state index contributed by atoms with van der Waals surface area (Å²) in [5.74, 6) is 0. The van der Waals surface area contributed by atoms with E-state index in [2.05, 4.69) is 44.2 Å². The average molecular weight is 420 g/mol. The van der Waals surface area contributed by atoms with Crippen molar-refractivity contribution in [1.82, 2.24) is 4.98 Å². The molecule has 0 saturated heterocycles. The lowest BCUT2D eigenvalue weighted by Crippen LogP contribution is -2.54. The van der Waals surface area contributed by atoms with Crippen LogP contribution in [0.2, 0.25) is 18.1 Å². The summed E-state index contributed by atoms with van der Waals surface area (Å²) in [6, 6.07) is 6.67. The molecule has 8 heteroatoms. The SMILES string of the molecule is CC(O[Si](C)(C)C(C)(C)C)C(Nc1c([N+](=O)[O-])cnc2ccccc12)C(C)(C)O. The molecule has 2 atom stereocenters. The van der Waals surface area contributed by atoms with Crippen LogP contribution in [-0.4, -0.2) is 41.1 Å². The van der Waals surface area contributed by atoms with Crippen molar-refractivity contribution < 1.29 is 14.5 Å². The first-order chi connectivity index (χ1) is 13.1. The lowest BCUT2D eigenvalue weighted by atomic mass is 9.94. The normalized spacial score (nSPS) is 15.2. The van der Waals surface area contributed by atoms with Gasteiger partial charge in [-0.1, -0.05) is 39.0 Å². The number of nitrogens with one attached hydrogen (secondary N) is 1. The molecule has 2 unspecified atom stereocenters. The van der Waals surface area contributed by atoms with E-state index in [4.69, 9.17) is 4.43 Å². The Kier molecular flexibility index (Phi) is 6.42. The second-order valence-corrected chi connectivity index (χ2v) is 14.4. The molecule has 0 aliphatic rings. The predicted octanol–water partition coefficient (Wildman–Crippen LogP) is 5.10. The minimum absolute atomic E-state index is 0.000763. The first kappa shape index (κ1) is 23.2. The van der Waals surface area contributed by atoms with Crippen molar-refractivity contribution in [3.05, 3.63) is 40.6 Å². The average Bonchev–Trinajstić information content (AvgIpc) is 2.56. The van der Waals surface area contributed by atoms with E-state index in [-0.39, 0.29) is 16.8 Å². The van der Waals surface area contributed by atoms with Crippen LogP contribution in [0.1, 0.15) is 41.5 Å². The molecule has 0 aliphatic carbocycles. The lowest BCUT2D eigenvalue weighted by Gasteiger charge is -2.43. The Morgan fingerprint density at radius 3 is 2.31 bits per heavy atom. The van der Waals surface area contributed by atoms with E-state index < -0.39 is 24.9 Å². The number of fused-ring (bicyclic) bond motifs is 1. The van der Waals surface area contributed by atoms with Crippen LogP contribution in [0.15, 0.2) is 30.5 Å².